The number of benzene rings is 2. The quantitative estimate of drug-likeness (QED) is 0.208. The predicted octanol–water partition coefficient (Wildman–Crippen LogP) is 1.40. The van der Waals surface area contributed by atoms with Crippen LogP contribution in [-0.2, 0) is 0 Å². The fraction of sp³-hybridized carbons (Fsp3) is 0.200. The van der Waals surface area contributed by atoms with E-state index < -0.39 is 29.7 Å². The molecule has 1 unspecified atom stereocenters. The van der Waals surface area contributed by atoms with E-state index in [4.69, 9.17) is 20.6 Å². The minimum Gasteiger partial charge on any atom is -0.508 e. The Kier molecular flexibility index (Phi) is 6.27. The number of phenols is 2. The number of carbonyl (C=O) groups is 2. The third-order valence-corrected chi connectivity index (χ3v) is 4.59. The van der Waals surface area contributed by atoms with Crippen LogP contribution in [0.5, 0.6) is 17.2 Å². The molecule has 1 atom stereocenters. The molecule has 8 N–H and O–H groups in total. The molecule has 12 nitrogen and oxygen atoms in total. The average Bonchev–Trinajstić information content (AvgIpc) is 3.09. The summed E-state index contributed by atoms with van der Waals surface area (Å²) in [6.07, 6.45) is 0. The van der Waals surface area contributed by atoms with Crippen LogP contribution in [0, 0.1) is 4.91 Å². The van der Waals surface area contributed by atoms with Gasteiger partial charge >= 0.3 is 6.03 Å². The monoisotopic (exact) mass is 444 g/mol. The lowest BCUT2D eigenvalue weighted by molar-refractivity contribution is 0.0110. The van der Waals surface area contributed by atoms with E-state index in [2.05, 4.69) is 10.5 Å². The number of primary amides is 1. The third kappa shape index (κ3) is 4.61. The summed E-state index contributed by atoms with van der Waals surface area (Å²) in [5.74, 6) is -1.63. The van der Waals surface area contributed by atoms with Crippen LogP contribution in [0.25, 0.3) is 11.0 Å². The lowest BCUT2D eigenvalue weighted by Gasteiger charge is -2.23. The SMILES string of the molecule is NCC(O)(CN=O)COc1ccc2c(NC(N)=O)c(C(=O)c3ccc(O)cc3O)oc2c1. The number of phenolic OH excluding ortho intramolecular Hbond substituents is 2. The first kappa shape index (κ1) is 22.5. The summed E-state index contributed by atoms with van der Waals surface area (Å²) >= 11 is 0. The van der Waals surface area contributed by atoms with E-state index in [1.807, 2.05) is 0 Å². The normalized spacial score (nSPS) is 12.8. The number of urea groups is 1. The van der Waals surface area contributed by atoms with Crippen molar-refractivity contribution in [3.8, 4) is 17.2 Å². The Morgan fingerprint density at radius 1 is 1.19 bits per heavy atom. The number of nitrogens with two attached hydrogens (primary N) is 2. The predicted molar refractivity (Wildman–Crippen MR) is 113 cm³/mol. The van der Waals surface area contributed by atoms with Gasteiger partial charge in [0, 0.05) is 24.1 Å². The molecule has 0 fully saturated rings. The Hall–Kier alpha value is -4.16. The van der Waals surface area contributed by atoms with E-state index in [-0.39, 0.29) is 47.2 Å². The van der Waals surface area contributed by atoms with Gasteiger partial charge in [-0.2, -0.15) is 4.91 Å². The molecule has 0 saturated carbocycles. The van der Waals surface area contributed by atoms with Gasteiger partial charge in [-0.05, 0) is 24.3 Å². The van der Waals surface area contributed by atoms with Crippen molar-refractivity contribution in [2.45, 2.75) is 5.60 Å². The van der Waals surface area contributed by atoms with Gasteiger partial charge in [-0.15, -0.1) is 0 Å². The largest absolute Gasteiger partial charge is 0.508 e. The number of furan rings is 1. The van der Waals surface area contributed by atoms with Gasteiger partial charge in [0.05, 0.1) is 5.56 Å². The van der Waals surface area contributed by atoms with Gasteiger partial charge < -0.3 is 41.3 Å². The van der Waals surface area contributed by atoms with E-state index in [0.29, 0.717) is 5.39 Å². The van der Waals surface area contributed by atoms with Crippen molar-refractivity contribution >= 4 is 28.5 Å². The van der Waals surface area contributed by atoms with Crippen LogP contribution in [0.2, 0.25) is 0 Å². The molecule has 1 heterocycles. The highest BCUT2D eigenvalue weighted by atomic mass is 16.5. The van der Waals surface area contributed by atoms with E-state index in [1.165, 1.54) is 30.3 Å². The maximum Gasteiger partial charge on any atom is 0.316 e. The number of anilines is 1. The zero-order chi connectivity index (χ0) is 23.5. The summed E-state index contributed by atoms with van der Waals surface area (Å²) < 4.78 is 11.1. The first-order valence-electron chi connectivity index (χ1n) is 9.21. The number of ether oxygens (including phenoxy) is 1. The maximum atomic E-state index is 13.0. The molecule has 0 saturated heterocycles. The minimum absolute atomic E-state index is 0.0276. The Labute approximate surface area is 180 Å². The van der Waals surface area contributed by atoms with Gasteiger partial charge in [-0.1, -0.05) is 5.18 Å². The topological polar surface area (TPSA) is 211 Å². The fourth-order valence-electron chi connectivity index (χ4n) is 2.92. The van der Waals surface area contributed by atoms with Crippen LogP contribution in [0.15, 0.2) is 46.0 Å². The number of carbonyl (C=O) groups excluding carboxylic acids is 2. The highest BCUT2D eigenvalue weighted by molar-refractivity contribution is 6.18. The summed E-state index contributed by atoms with van der Waals surface area (Å²) in [6.45, 7) is -1.06. The number of rotatable bonds is 9. The molecule has 0 aliphatic heterocycles. The lowest BCUT2D eigenvalue weighted by Crippen LogP contribution is -2.46. The first-order valence-corrected chi connectivity index (χ1v) is 9.21. The molecular formula is C20H20N4O8. The number of hydrogen-bond donors (Lipinski definition) is 6. The van der Waals surface area contributed by atoms with E-state index in [9.17, 15) is 29.8 Å². The van der Waals surface area contributed by atoms with Gasteiger partial charge in [-0.25, -0.2) is 4.79 Å². The van der Waals surface area contributed by atoms with Crippen LogP contribution < -0.4 is 21.5 Å². The summed E-state index contributed by atoms with van der Waals surface area (Å²) in [6, 6.07) is 6.77. The Bertz CT molecular complexity index is 1190. The molecule has 0 aliphatic rings. The number of fused-ring (bicyclic) bond motifs is 1. The molecule has 3 aromatic rings. The molecular weight excluding hydrogens is 424 g/mol. The Balaban J connectivity index is 2.00. The lowest BCUT2D eigenvalue weighted by atomic mass is 10.1. The van der Waals surface area contributed by atoms with Crippen LogP contribution >= 0.6 is 0 Å². The van der Waals surface area contributed by atoms with E-state index >= 15 is 0 Å². The summed E-state index contributed by atoms with van der Waals surface area (Å²) in [4.78, 5) is 34.9. The van der Waals surface area contributed by atoms with Crippen molar-refractivity contribution in [2.75, 3.05) is 25.0 Å². The van der Waals surface area contributed by atoms with Crippen molar-refractivity contribution in [2.24, 2.45) is 16.6 Å². The molecule has 1 aromatic heterocycles. The molecule has 0 spiro atoms. The van der Waals surface area contributed by atoms with Crippen LogP contribution in [0.3, 0.4) is 0 Å². The molecule has 12 heteroatoms. The van der Waals surface area contributed by atoms with Crippen LogP contribution in [-0.4, -0.2) is 52.4 Å². The van der Waals surface area contributed by atoms with Gasteiger partial charge in [0.15, 0.2) is 5.76 Å². The van der Waals surface area contributed by atoms with E-state index in [0.717, 1.165) is 6.07 Å². The number of hydrogen-bond acceptors (Lipinski definition) is 10. The molecule has 2 amide bonds. The number of aromatic hydroxyl groups is 2. The second-order valence-corrected chi connectivity index (χ2v) is 6.99. The molecule has 0 aliphatic carbocycles. The van der Waals surface area contributed by atoms with Gasteiger partial charge in [0.2, 0.25) is 5.78 Å². The van der Waals surface area contributed by atoms with Gasteiger partial charge in [0.25, 0.3) is 0 Å². The molecule has 2 aromatic carbocycles. The molecule has 32 heavy (non-hydrogen) atoms. The van der Waals surface area contributed by atoms with Crippen molar-refractivity contribution in [1.29, 1.82) is 0 Å². The summed E-state index contributed by atoms with van der Waals surface area (Å²) in [7, 11) is 0. The zero-order valence-electron chi connectivity index (χ0n) is 16.6. The zero-order valence-corrected chi connectivity index (χ0v) is 16.6. The van der Waals surface area contributed by atoms with Gasteiger partial charge in [-0.3, -0.25) is 4.79 Å². The fourth-order valence-corrected chi connectivity index (χ4v) is 2.92. The first-order chi connectivity index (χ1) is 15.2. The Morgan fingerprint density at radius 3 is 2.56 bits per heavy atom. The van der Waals surface area contributed by atoms with Crippen molar-refractivity contribution in [3.63, 3.8) is 0 Å². The number of aliphatic hydroxyl groups is 1. The third-order valence-electron chi connectivity index (χ3n) is 4.59. The minimum atomic E-state index is -1.66. The smallest absolute Gasteiger partial charge is 0.316 e. The second kappa shape index (κ2) is 8.91. The van der Waals surface area contributed by atoms with Crippen LogP contribution in [0.4, 0.5) is 10.5 Å². The highest BCUT2D eigenvalue weighted by Crippen LogP contribution is 2.36. The van der Waals surface area contributed by atoms with E-state index in [1.54, 1.807) is 0 Å². The summed E-state index contributed by atoms with van der Waals surface area (Å²) in [5.41, 5.74) is 8.93. The molecule has 0 bridgehead atoms. The number of ketones is 1. The summed E-state index contributed by atoms with van der Waals surface area (Å²) in [5, 5.41) is 34.9. The number of nitrogens with one attached hydrogen (secondary N) is 1. The molecule has 168 valence electrons. The number of nitroso groups, excluding NO2 is 1. The van der Waals surface area contributed by atoms with Crippen molar-refractivity contribution < 1.29 is 34.1 Å². The molecule has 3 rings (SSSR count). The number of nitrogens with zero attached hydrogens (tertiary/aromatic N) is 1. The van der Waals surface area contributed by atoms with Crippen molar-refractivity contribution in [3.05, 3.63) is 52.6 Å². The van der Waals surface area contributed by atoms with Crippen molar-refractivity contribution in [1.82, 2.24) is 0 Å². The van der Waals surface area contributed by atoms with Crippen LogP contribution in [0.1, 0.15) is 16.1 Å². The maximum absolute atomic E-state index is 13.0. The average molecular weight is 444 g/mol. The number of amides is 2. The Morgan fingerprint density at radius 2 is 1.94 bits per heavy atom. The second-order valence-electron chi connectivity index (χ2n) is 6.99. The molecule has 0 radical (unpaired) electrons. The standard InChI is InChI=1S/C20H20N4O8/c21-7-20(29,8-23-30)9-31-11-2-4-13-15(6-11)32-18(16(13)24-19(22)28)17(27)12-3-1-10(25)5-14(12)26/h1-6,25-26,29H,7-9,21H2,(H3,22,24,28). The van der Waals surface area contributed by atoms with Gasteiger partial charge in [0.1, 0.15) is 47.3 Å². The highest BCUT2D eigenvalue weighted by Gasteiger charge is 2.28.